The van der Waals surface area contributed by atoms with Crippen LogP contribution in [-0.4, -0.2) is 72.5 Å². The van der Waals surface area contributed by atoms with E-state index in [1.165, 1.54) is 0 Å². The first-order valence-corrected chi connectivity index (χ1v) is 9.92. The molecule has 0 atom stereocenters. The maximum Gasteiger partial charge on any atom is 0.225 e. The monoisotopic (exact) mass is 375 g/mol. The van der Waals surface area contributed by atoms with Gasteiger partial charge < -0.3 is 20.4 Å². The van der Waals surface area contributed by atoms with Crippen molar-refractivity contribution in [1.29, 1.82) is 0 Å². The number of hydrogen-bond acceptors (Lipinski definition) is 5. The number of nitrogens with zero attached hydrogens (tertiary/aromatic N) is 5. The Labute approximate surface area is 162 Å². The molecule has 2 rings (SSSR count). The molecule has 1 aliphatic rings. The van der Waals surface area contributed by atoms with Crippen molar-refractivity contribution in [3.63, 3.8) is 0 Å². The van der Waals surface area contributed by atoms with Crippen LogP contribution in [0.2, 0.25) is 0 Å². The molecule has 0 radical (unpaired) electrons. The molecule has 8 heteroatoms. The van der Waals surface area contributed by atoms with Gasteiger partial charge in [-0.05, 0) is 25.3 Å². The summed E-state index contributed by atoms with van der Waals surface area (Å²) in [7, 11) is 0. The molecule has 1 fully saturated rings. The van der Waals surface area contributed by atoms with Gasteiger partial charge in [0.05, 0.1) is 0 Å². The topological polar surface area (TPSA) is 85.8 Å². The Morgan fingerprint density at radius 1 is 1.19 bits per heavy atom. The zero-order valence-corrected chi connectivity index (χ0v) is 16.8. The lowest BCUT2D eigenvalue weighted by atomic mass is 10.1. The molecule has 1 aromatic rings. The number of piperazine rings is 1. The van der Waals surface area contributed by atoms with Crippen LogP contribution in [0.5, 0.6) is 0 Å². The summed E-state index contributed by atoms with van der Waals surface area (Å²) >= 11 is 0. The van der Waals surface area contributed by atoms with Gasteiger partial charge in [0.1, 0.15) is 0 Å². The smallest absolute Gasteiger partial charge is 0.225 e. The Morgan fingerprint density at radius 2 is 1.89 bits per heavy atom. The molecule has 2 N–H and O–H groups in total. The fourth-order valence-electron chi connectivity index (χ4n) is 2.83. The molecule has 1 saturated heterocycles. The first kappa shape index (κ1) is 20.9. The van der Waals surface area contributed by atoms with Gasteiger partial charge in [0.2, 0.25) is 11.9 Å². The quantitative estimate of drug-likeness (QED) is 0.523. The van der Waals surface area contributed by atoms with E-state index >= 15 is 0 Å². The van der Waals surface area contributed by atoms with Gasteiger partial charge in [-0.1, -0.05) is 13.8 Å². The van der Waals surface area contributed by atoms with Gasteiger partial charge in [0.15, 0.2) is 5.96 Å². The number of guanidine groups is 1. The standard InChI is InChI=1S/C19H33N7O/c1-4-20-18(21-10-6-16(2)3)22-11-7-17(27)25-12-14-26(15-13-25)19-23-8-5-9-24-19/h5,8-9,16H,4,6-7,10-15H2,1-3H3,(H2,20,21,22). The van der Waals surface area contributed by atoms with E-state index < -0.39 is 0 Å². The molecule has 0 bridgehead atoms. The van der Waals surface area contributed by atoms with Gasteiger partial charge in [0.25, 0.3) is 0 Å². The van der Waals surface area contributed by atoms with Crippen molar-refractivity contribution in [3.8, 4) is 0 Å². The molecule has 0 aromatic carbocycles. The van der Waals surface area contributed by atoms with Gasteiger partial charge in [-0.3, -0.25) is 9.79 Å². The van der Waals surface area contributed by atoms with Crippen LogP contribution < -0.4 is 15.5 Å². The number of carbonyl (C=O) groups excluding carboxylic acids is 1. The summed E-state index contributed by atoms with van der Waals surface area (Å²) < 4.78 is 0. The van der Waals surface area contributed by atoms with Crippen LogP contribution >= 0.6 is 0 Å². The molecule has 0 aliphatic carbocycles. The minimum Gasteiger partial charge on any atom is -0.357 e. The van der Waals surface area contributed by atoms with Crippen molar-refractivity contribution in [2.75, 3.05) is 50.7 Å². The fourth-order valence-corrected chi connectivity index (χ4v) is 2.83. The lowest BCUT2D eigenvalue weighted by Gasteiger charge is -2.34. The normalized spacial score (nSPS) is 15.2. The SMILES string of the molecule is CCNC(=NCCC(C)C)NCCC(=O)N1CCN(c2ncccn2)CC1. The second kappa shape index (κ2) is 11.4. The first-order chi connectivity index (χ1) is 13.1. The van der Waals surface area contributed by atoms with E-state index in [1.807, 2.05) is 17.9 Å². The molecule has 0 unspecified atom stereocenters. The molecule has 150 valence electrons. The van der Waals surface area contributed by atoms with Crippen molar-refractivity contribution < 1.29 is 4.79 Å². The van der Waals surface area contributed by atoms with Crippen molar-refractivity contribution in [1.82, 2.24) is 25.5 Å². The molecule has 0 saturated carbocycles. The highest BCUT2D eigenvalue weighted by atomic mass is 16.2. The Hall–Kier alpha value is -2.38. The number of aliphatic imine (C=N–C) groups is 1. The van der Waals surface area contributed by atoms with E-state index in [2.05, 4.69) is 44.3 Å². The van der Waals surface area contributed by atoms with Crippen LogP contribution in [-0.2, 0) is 4.79 Å². The zero-order chi connectivity index (χ0) is 19.5. The van der Waals surface area contributed by atoms with Crippen LogP contribution in [0, 0.1) is 5.92 Å². The van der Waals surface area contributed by atoms with Gasteiger partial charge in [-0.25, -0.2) is 9.97 Å². The highest BCUT2D eigenvalue weighted by Gasteiger charge is 2.22. The predicted molar refractivity (Wildman–Crippen MR) is 109 cm³/mol. The van der Waals surface area contributed by atoms with Crippen LogP contribution in [0.1, 0.15) is 33.6 Å². The molecular formula is C19H33N7O. The zero-order valence-electron chi connectivity index (χ0n) is 16.8. The Balaban J connectivity index is 1.70. The molecule has 1 aromatic heterocycles. The van der Waals surface area contributed by atoms with E-state index in [-0.39, 0.29) is 5.91 Å². The molecule has 27 heavy (non-hydrogen) atoms. The summed E-state index contributed by atoms with van der Waals surface area (Å²) in [5.41, 5.74) is 0. The number of nitrogens with one attached hydrogen (secondary N) is 2. The Kier molecular flexibility index (Phi) is 8.80. The maximum absolute atomic E-state index is 12.5. The maximum atomic E-state index is 12.5. The van der Waals surface area contributed by atoms with Crippen LogP contribution in [0.25, 0.3) is 0 Å². The largest absolute Gasteiger partial charge is 0.357 e. The van der Waals surface area contributed by atoms with Crippen molar-refractivity contribution in [2.45, 2.75) is 33.6 Å². The second-order valence-electron chi connectivity index (χ2n) is 7.04. The van der Waals surface area contributed by atoms with Crippen molar-refractivity contribution >= 4 is 17.8 Å². The van der Waals surface area contributed by atoms with Gasteiger partial charge in [-0.15, -0.1) is 0 Å². The average Bonchev–Trinajstić information content (AvgIpc) is 2.68. The third-order valence-corrected chi connectivity index (χ3v) is 4.42. The molecular weight excluding hydrogens is 342 g/mol. The van der Waals surface area contributed by atoms with E-state index in [4.69, 9.17) is 0 Å². The second-order valence-corrected chi connectivity index (χ2v) is 7.04. The van der Waals surface area contributed by atoms with E-state index in [0.717, 1.165) is 44.5 Å². The molecule has 0 spiro atoms. The Morgan fingerprint density at radius 3 is 2.52 bits per heavy atom. The summed E-state index contributed by atoms with van der Waals surface area (Å²) in [4.78, 5) is 29.6. The van der Waals surface area contributed by atoms with E-state index in [0.29, 0.717) is 32.0 Å². The third kappa shape index (κ3) is 7.40. The van der Waals surface area contributed by atoms with Gasteiger partial charge in [0, 0.05) is 64.6 Å². The van der Waals surface area contributed by atoms with Crippen LogP contribution in [0.15, 0.2) is 23.5 Å². The van der Waals surface area contributed by atoms with Crippen LogP contribution in [0.4, 0.5) is 5.95 Å². The summed E-state index contributed by atoms with van der Waals surface area (Å²) in [5, 5.41) is 6.49. The molecule has 8 nitrogen and oxygen atoms in total. The number of amides is 1. The number of anilines is 1. The number of aromatic nitrogens is 2. The minimum atomic E-state index is 0.175. The molecule has 1 aliphatic heterocycles. The van der Waals surface area contributed by atoms with Crippen molar-refractivity contribution in [3.05, 3.63) is 18.5 Å². The fraction of sp³-hybridized carbons (Fsp3) is 0.684. The van der Waals surface area contributed by atoms with Gasteiger partial charge >= 0.3 is 0 Å². The van der Waals surface area contributed by atoms with Crippen LogP contribution in [0.3, 0.4) is 0 Å². The molecule has 2 heterocycles. The van der Waals surface area contributed by atoms with Crippen molar-refractivity contribution in [2.24, 2.45) is 10.9 Å². The van der Waals surface area contributed by atoms with E-state index in [9.17, 15) is 4.79 Å². The number of carbonyl (C=O) groups is 1. The van der Waals surface area contributed by atoms with E-state index in [1.54, 1.807) is 12.4 Å². The van der Waals surface area contributed by atoms with Gasteiger partial charge in [-0.2, -0.15) is 0 Å². The third-order valence-electron chi connectivity index (χ3n) is 4.42. The summed E-state index contributed by atoms with van der Waals surface area (Å²) in [6, 6.07) is 1.81. The number of hydrogen-bond donors (Lipinski definition) is 2. The predicted octanol–water partition coefficient (Wildman–Crippen LogP) is 1.12. The summed E-state index contributed by atoms with van der Waals surface area (Å²) in [6.07, 6.45) is 5.02. The lowest BCUT2D eigenvalue weighted by molar-refractivity contribution is -0.131. The molecule has 1 amide bonds. The number of rotatable bonds is 8. The summed E-state index contributed by atoms with van der Waals surface area (Å²) in [5.74, 6) is 2.34. The lowest BCUT2D eigenvalue weighted by Crippen LogP contribution is -2.50. The Bertz CT molecular complexity index is 583. The highest BCUT2D eigenvalue weighted by molar-refractivity contribution is 5.81. The highest BCUT2D eigenvalue weighted by Crippen LogP contribution is 2.10. The average molecular weight is 376 g/mol. The summed E-state index contributed by atoms with van der Waals surface area (Å²) in [6.45, 7) is 11.6. The minimum absolute atomic E-state index is 0.175. The first-order valence-electron chi connectivity index (χ1n) is 9.92.